The summed E-state index contributed by atoms with van der Waals surface area (Å²) in [6.45, 7) is 14.4. The minimum absolute atomic E-state index is 0.402. The highest BCUT2D eigenvalue weighted by molar-refractivity contribution is 5.93. The summed E-state index contributed by atoms with van der Waals surface area (Å²) in [4.78, 5) is 19.7. The number of methoxy groups -OCH3 is 1. The summed E-state index contributed by atoms with van der Waals surface area (Å²) in [7, 11) is 6.09. The van der Waals surface area contributed by atoms with Crippen molar-refractivity contribution in [2.24, 2.45) is 0 Å². The fraction of sp³-hybridized carbons (Fsp3) is 0.714. The molecule has 0 spiro atoms. The second-order valence-electron chi connectivity index (χ2n) is 10.5. The second-order valence-corrected chi connectivity index (χ2v) is 10.5. The predicted octanol–water partition coefficient (Wildman–Crippen LogP) is 3.40. The van der Waals surface area contributed by atoms with Crippen molar-refractivity contribution in [1.82, 2.24) is 24.7 Å². The molecule has 2 saturated heterocycles. The molecular formula is C28H47N7O2. The number of nitrogens with zero attached hydrogens (tertiary/aromatic N) is 6. The fourth-order valence-electron chi connectivity index (χ4n) is 5.25. The number of likely N-dealkylation sites (N-methyl/N-ethyl adjacent to an activating group) is 1. The van der Waals surface area contributed by atoms with Gasteiger partial charge in [-0.15, -0.1) is 0 Å². The van der Waals surface area contributed by atoms with Crippen LogP contribution < -0.4 is 19.7 Å². The number of likely N-dealkylation sites (tertiary alicyclic amines) is 1. The van der Waals surface area contributed by atoms with E-state index in [2.05, 4.69) is 52.9 Å². The highest BCUT2D eigenvalue weighted by Gasteiger charge is 2.22. The van der Waals surface area contributed by atoms with Gasteiger partial charge in [0.05, 0.1) is 19.2 Å². The maximum atomic E-state index is 6.24. The quantitative estimate of drug-likeness (QED) is 0.455. The Balaban J connectivity index is 1.62. The van der Waals surface area contributed by atoms with E-state index >= 15 is 0 Å². The number of nitrogens with one attached hydrogen (secondary N) is 1. The first kappa shape index (κ1) is 27.7. The number of hydrogen-bond acceptors (Lipinski definition) is 9. The van der Waals surface area contributed by atoms with Gasteiger partial charge >= 0.3 is 0 Å². The Hall–Kier alpha value is -2.36. The van der Waals surface area contributed by atoms with Crippen LogP contribution in [0.3, 0.4) is 0 Å². The van der Waals surface area contributed by atoms with Crippen LogP contribution >= 0.6 is 0 Å². The summed E-state index contributed by atoms with van der Waals surface area (Å²) in [5.74, 6) is 3.18. The lowest BCUT2D eigenvalue weighted by Crippen LogP contribution is -2.37. The number of piperidine rings is 1. The highest BCUT2D eigenvalue weighted by atomic mass is 16.5. The van der Waals surface area contributed by atoms with Crippen LogP contribution in [0, 0.1) is 0 Å². The maximum Gasteiger partial charge on any atom is 0.227 e. The van der Waals surface area contributed by atoms with Crippen LogP contribution in [0.1, 0.15) is 39.5 Å². The third kappa shape index (κ3) is 7.36. The van der Waals surface area contributed by atoms with Crippen molar-refractivity contribution >= 4 is 22.7 Å². The normalized spacial score (nSPS) is 18.4. The monoisotopic (exact) mass is 513 g/mol. The molecule has 0 unspecified atom stereocenters. The molecule has 1 aromatic heterocycles. The maximum absolute atomic E-state index is 6.24. The van der Waals surface area contributed by atoms with Crippen molar-refractivity contribution in [3.63, 3.8) is 0 Å². The van der Waals surface area contributed by atoms with Crippen molar-refractivity contribution in [2.75, 3.05) is 96.9 Å². The van der Waals surface area contributed by atoms with E-state index in [4.69, 9.17) is 19.4 Å². The Morgan fingerprint density at radius 3 is 2.43 bits per heavy atom. The Kier molecular flexibility index (Phi) is 10.1. The molecule has 3 heterocycles. The van der Waals surface area contributed by atoms with Gasteiger partial charge in [0.2, 0.25) is 5.95 Å². The molecule has 2 aliphatic rings. The first-order valence-electron chi connectivity index (χ1n) is 14.1. The van der Waals surface area contributed by atoms with E-state index in [1.54, 1.807) is 7.11 Å². The molecule has 4 rings (SSSR count). The summed E-state index contributed by atoms with van der Waals surface area (Å²) < 4.78 is 12.0. The number of ether oxygens (including phenoxy) is 2. The molecule has 0 amide bonds. The van der Waals surface area contributed by atoms with Crippen molar-refractivity contribution in [1.29, 1.82) is 0 Å². The minimum atomic E-state index is 0.402. The fourth-order valence-corrected chi connectivity index (χ4v) is 5.25. The molecule has 2 aromatic rings. The Morgan fingerprint density at radius 2 is 1.70 bits per heavy atom. The van der Waals surface area contributed by atoms with E-state index in [9.17, 15) is 0 Å². The standard InChI is InChI=1S/C28H47N7O2/c1-6-34(7-2)13-9-19-37-26-21-24-23(20-25(26)36-5)27(29-22-10-15-33(4)16-11-22)31-28(30-24)35-14-8-12-32(3)17-18-35/h20-22H,6-19H2,1-5H3,(H,29,30,31). The third-order valence-electron chi connectivity index (χ3n) is 7.80. The van der Waals surface area contributed by atoms with Gasteiger partial charge < -0.3 is 34.4 Å². The van der Waals surface area contributed by atoms with E-state index in [1.807, 2.05) is 12.1 Å². The molecule has 2 aliphatic heterocycles. The van der Waals surface area contributed by atoms with Crippen LogP contribution in [0.25, 0.3) is 10.9 Å². The largest absolute Gasteiger partial charge is 0.493 e. The molecule has 9 heteroatoms. The van der Waals surface area contributed by atoms with Crippen molar-refractivity contribution in [2.45, 2.75) is 45.6 Å². The SMILES string of the molecule is CCN(CC)CCCOc1cc2nc(N3CCCN(C)CC3)nc(NC3CCN(C)CC3)c2cc1OC. The van der Waals surface area contributed by atoms with Gasteiger partial charge in [-0.3, -0.25) is 0 Å². The molecule has 0 aliphatic carbocycles. The van der Waals surface area contributed by atoms with E-state index in [1.165, 1.54) is 0 Å². The van der Waals surface area contributed by atoms with E-state index in [0.29, 0.717) is 12.6 Å². The number of benzene rings is 1. The predicted molar refractivity (Wildman–Crippen MR) is 152 cm³/mol. The van der Waals surface area contributed by atoms with Gasteiger partial charge in [-0.2, -0.15) is 4.98 Å². The number of aromatic nitrogens is 2. The van der Waals surface area contributed by atoms with Gasteiger partial charge in [0.1, 0.15) is 5.82 Å². The lowest BCUT2D eigenvalue weighted by molar-refractivity contribution is 0.243. The van der Waals surface area contributed by atoms with Gasteiger partial charge in [-0.1, -0.05) is 13.8 Å². The van der Waals surface area contributed by atoms with Crippen LogP contribution in [0.15, 0.2) is 12.1 Å². The molecule has 1 N–H and O–H groups in total. The second kappa shape index (κ2) is 13.4. The number of fused-ring (bicyclic) bond motifs is 1. The molecular weight excluding hydrogens is 466 g/mol. The van der Waals surface area contributed by atoms with Crippen LogP contribution in [0.4, 0.5) is 11.8 Å². The summed E-state index contributed by atoms with van der Waals surface area (Å²) in [5.41, 5.74) is 0.901. The number of anilines is 2. The molecule has 37 heavy (non-hydrogen) atoms. The third-order valence-corrected chi connectivity index (χ3v) is 7.80. The Bertz CT molecular complexity index is 992. The average Bonchev–Trinajstić information content (AvgIpc) is 3.14. The van der Waals surface area contributed by atoms with Crippen LogP contribution in [-0.4, -0.2) is 117 Å². The molecule has 0 radical (unpaired) electrons. The van der Waals surface area contributed by atoms with Crippen molar-refractivity contribution < 1.29 is 9.47 Å². The topological polar surface area (TPSA) is 69.2 Å². The molecule has 9 nitrogen and oxygen atoms in total. The summed E-state index contributed by atoms with van der Waals surface area (Å²) in [6.07, 6.45) is 4.30. The molecule has 0 saturated carbocycles. The zero-order valence-corrected chi connectivity index (χ0v) is 23.6. The molecule has 206 valence electrons. The zero-order valence-electron chi connectivity index (χ0n) is 23.6. The minimum Gasteiger partial charge on any atom is -0.493 e. The van der Waals surface area contributed by atoms with Gasteiger partial charge in [-0.25, -0.2) is 4.98 Å². The smallest absolute Gasteiger partial charge is 0.227 e. The summed E-state index contributed by atoms with van der Waals surface area (Å²) >= 11 is 0. The molecule has 0 bridgehead atoms. The summed E-state index contributed by atoms with van der Waals surface area (Å²) in [6, 6.07) is 4.49. The van der Waals surface area contributed by atoms with Crippen molar-refractivity contribution in [3.05, 3.63) is 12.1 Å². The number of rotatable bonds is 11. The van der Waals surface area contributed by atoms with E-state index < -0.39 is 0 Å². The lowest BCUT2D eigenvalue weighted by Gasteiger charge is -2.30. The van der Waals surface area contributed by atoms with E-state index in [-0.39, 0.29) is 0 Å². The molecule has 0 atom stereocenters. The molecule has 1 aromatic carbocycles. The van der Waals surface area contributed by atoms with Gasteiger partial charge in [0.15, 0.2) is 11.5 Å². The Labute approximate surface area is 223 Å². The van der Waals surface area contributed by atoms with Gasteiger partial charge in [-0.05, 0) is 78.6 Å². The van der Waals surface area contributed by atoms with Crippen LogP contribution in [0.2, 0.25) is 0 Å². The summed E-state index contributed by atoms with van der Waals surface area (Å²) in [5, 5.41) is 4.77. The average molecular weight is 514 g/mol. The first-order valence-corrected chi connectivity index (χ1v) is 14.1. The lowest BCUT2D eigenvalue weighted by atomic mass is 10.1. The van der Waals surface area contributed by atoms with Gasteiger partial charge in [0, 0.05) is 43.7 Å². The first-order chi connectivity index (χ1) is 18.0. The Morgan fingerprint density at radius 1 is 0.946 bits per heavy atom. The number of hydrogen-bond donors (Lipinski definition) is 1. The van der Waals surface area contributed by atoms with Gasteiger partial charge in [0.25, 0.3) is 0 Å². The van der Waals surface area contributed by atoms with E-state index in [0.717, 1.165) is 119 Å². The molecule has 2 fully saturated rings. The van der Waals surface area contributed by atoms with Crippen LogP contribution in [0.5, 0.6) is 11.5 Å². The highest BCUT2D eigenvalue weighted by Crippen LogP contribution is 2.36. The zero-order chi connectivity index (χ0) is 26.2. The van der Waals surface area contributed by atoms with Crippen molar-refractivity contribution in [3.8, 4) is 11.5 Å². The van der Waals surface area contributed by atoms with Crippen LogP contribution in [-0.2, 0) is 0 Å².